The van der Waals surface area contributed by atoms with E-state index in [9.17, 15) is 0 Å². The van der Waals surface area contributed by atoms with Crippen LogP contribution in [0.2, 0.25) is 0 Å². The van der Waals surface area contributed by atoms with E-state index < -0.39 is 0 Å². The smallest absolute Gasteiger partial charge is 0.165 e. The van der Waals surface area contributed by atoms with Crippen LogP contribution in [0, 0.1) is 0 Å². The van der Waals surface area contributed by atoms with Crippen LogP contribution in [-0.2, 0) is 0 Å². The van der Waals surface area contributed by atoms with Crippen molar-refractivity contribution in [2.24, 2.45) is 0 Å². The van der Waals surface area contributed by atoms with Gasteiger partial charge in [-0.15, -0.1) is 11.3 Å². The Kier molecular flexibility index (Phi) is 6.05. The van der Waals surface area contributed by atoms with E-state index in [0.717, 1.165) is 43.3 Å². The zero-order valence-corrected chi connectivity index (χ0v) is 27.9. The lowest BCUT2D eigenvalue weighted by Crippen LogP contribution is -2.00. The number of rotatable bonds is 4. The second-order valence-corrected chi connectivity index (χ2v) is 13.8. The molecule has 0 fully saturated rings. The van der Waals surface area contributed by atoms with Gasteiger partial charge in [-0.25, -0.2) is 15.0 Å². The van der Waals surface area contributed by atoms with Gasteiger partial charge < -0.3 is 8.98 Å². The zero-order valence-electron chi connectivity index (χ0n) is 27.1. The average Bonchev–Trinajstić information content (AvgIpc) is 3.87. The summed E-state index contributed by atoms with van der Waals surface area (Å²) < 4.78 is 10.9. The molecule has 0 aliphatic rings. The van der Waals surface area contributed by atoms with Crippen LogP contribution in [0.5, 0.6) is 0 Å². The SMILES string of the molecule is c1ccc(-c2nc(-c3ccc4oc5ccccc5c4c3)nc(-c3cccc4c3sc3c(-n5c6ccccc6c6ccccc65)cccc34)n2)cc1. The number of para-hydroxylation sites is 3. The normalized spacial score (nSPS) is 11.9. The highest BCUT2D eigenvalue weighted by molar-refractivity contribution is 7.26. The maximum Gasteiger partial charge on any atom is 0.165 e. The molecule has 0 amide bonds. The highest BCUT2D eigenvalue weighted by Gasteiger charge is 2.20. The maximum atomic E-state index is 6.14. The summed E-state index contributed by atoms with van der Waals surface area (Å²) in [4.78, 5) is 15.4. The molecule has 238 valence electrons. The van der Waals surface area contributed by atoms with Gasteiger partial charge in [0, 0.05) is 53.7 Å². The number of benzene rings is 7. The third-order valence-corrected chi connectivity index (χ3v) is 11.1. The van der Waals surface area contributed by atoms with Crippen LogP contribution < -0.4 is 0 Å². The van der Waals surface area contributed by atoms with Gasteiger partial charge in [0.05, 0.1) is 21.4 Å². The monoisotopic (exact) mass is 670 g/mol. The number of nitrogens with zero attached hydrogens (tertiary/aromatic N) is 4. The van der Waals surface area contributed by atoms with Crippen molar-refractivity contribution in [3.63, 3.8) is 0 Å². The molecular formula is C45H26N4OS. The number of aromatic nitrogens is 4. The molecule has 7 aromatic carbocycles. The van der Waals surface area contributed by atoms with Gasteiger partial charge in [0.25, 0.3) is 0 Å². The molecule has 11 aromatic rings. The van der Waals surface area contributed by atoms with E-state index in [4.69, 9.17) is 19.4 Å². The molecule has 0 saturated carbocycles. The molecule has 0 saturated heterocycles. The largest absolute Gasteiger partial charge is 0.456 e. The van der Waals surface area contributed by atoms with Crippen LogP contribution in [0.25, 0.3) is 104 Å². The molecule has 0 atom stereocenters. The van der Waals surface area contributed by atoms with E-state index in [1.165, 1.54) is 43.0 Å². The minimum Gasteiger partial charge on any atom is -0.456 e. The van der Waals surface area contributed by atoms with Crippen LogP contribution in [0.1, 0.15) is 0 Å². The fraction of sp³-hybridized carbons (Fsp3) is 0. The number of hydrogen-bond donors (Lipinski definition) is 0. The molecule has 0 radical (unpaired) electrons. The van der Waals surface area contributed by atoms with Gasteiger partial charge in [-0.05, 0) is 48.5 Å². The Labute approximate surface area is 295 Å². The lowest BCUT2D eigenvalue weighted by Gasteiger charge is -2.09. The van der Waals surface area contributed by atoms with E-state index in [1.54, 1.807) is 11.3 Å². The summed E-state index contributed by atoms with van der Waals surface area (Å²) in [5, 5.41) is 7.01. The van der Waals surface area contributed by atoms with Gasteiger partial charge in [0.15, 0.2) is 17.5 Å². The Morgan fingerprint density at radius 3 is 1.78 bits per heavy atom. The predicted octanol–water partition coefficient (Wildman–Crippen LogP) is 12.2. The summed E-state index contributed by atoms with van der Waals surface area (Å²) in [6.07, 6.45) is 0. The van der Waals surface area contributed by atoms with Crippen molar-refractivity contribution < 1.29 is 4.42 Å². The highest BCUT2D eigenvalue weighted by atomic mass is 32.1. The second kappa shape index (κ2) is 10.9. The Morgan fingerprint density at radius 1 is 0.412 bits per heavy atom. The summed E-state index contributed by atoms with van der Waals surface area (Å²) in [6.45, 7) is 0. The second-order valence-electron chi connectivity index (χ2n) is 12.8. The van der Waals surface area contributed by atoms with Crippen LogP contribution in [-0.4, -0.2) is 19.5 Å². The van der Waals surface area contributed by atoms with Crippen LogP contribution >= 0.6 is 11.3 Å². The van der Waals surface area contributed by atoms with Crippen molar-refractivity contribution in [1.29, 1.82) is 0 Å². The molecule has 0 aliphatic heterocycles. The zero-order chi connectivity index (χ0) is 33.5. The first-order chi connectivity index (χ1) is 25.3. The average molecular weight is 671 g/mol. The van der Waals surface area contributed by atoms with Gasteiger partial charge in [-0.2, -0.15) is 0 Å². The van der Waals surface area contributed by atoms with Crippen molar-refractivity contribution >= 4 is 75.3 Å². The molecule has 0 bridgehead atoms. The lowest BCUT2D eigenvalue weighted by atomic mass is 10.1. The first kappa shape index (κ1) is 28.2. The molecule has 4 heterocycles. The van der Waals surface area contributed by atoms with Crippen LogP contribution in [0.3, 0.4) is 0 Å². The summed E-state index contributed by atoms with van der Waals surface area (Å²) >= 11 is 1.80. The van der Waals surface area contributed by atoms with E-state index in [0.29, 0.717) is 17.5 Å². The fourth-order valence-electron chi connectivity index (χ4n) is 7.55. The summed E-state index contributed by atoms with van der Waals surface area (Å²) in [7, 11) is 0. The van der Waals surface area contributed by atoms with Crippen molar-refractivity contribution in [3.05, 3.63) is 158 Å². The molecule has 0 spiro atoms. The standard InChI is InChI=1S/C45H26N4OS/c1-2-12-27(13-3-1)43-46-44(28-24-25-40-35(26-28)31-16-6-9-23-39(31)50-40)48-45(47-43)34-19-10-17-32-33-18-11-22-38(42(33)51-41(32)34)49-36-20-7-4-14-29(36)30-15-5-8-21-37(30)49/h1-26H. The number of thiophene rings is 1. The Hall–Kier alpha value is -6.63. The summed E-state index contributed by atoms with van der Waals surface area (Å²) in [5.74, 6) is 1.90. The third kappa shape index (κ3) is 4.30. The molecule has 5 nitrogen and oxygen atoms in total. The van der Waals surface area contributed by atoms with Crippen LogP contribution in [0.4, 0.5) is 0 Å². The van der Waals surface area contributed by atoms with E-state index in [2.05, 4.69) is 102 Å². The molecule has 0 N–H and O–H groups in total. The topological polar surface area (TPSA) is 56.7 Å². The Balaban J connectivity index is 1.15. The van der Waals surface area contributed by atoms with Gasteiger partial charge in [0.2, 0.25) is 0 Å². The highest BCUT2D eigenvalue weighted by Crippen LogP contribution is 2.44. The van der Waals surface area contributed by atoms with E-state index >= 15 is 0 Å². The van der Waals surface area contributed by atoms with Crippen molar-refractivity contribution in [3.8, 4) is 39.9 Å². The van der Waals surface area contributed by atoms with Gasteiger partial charge in [0.1, 0.15) is 11.2 Å². The molecular weight excluding hydrogens is 645 g/mol. The fourth-order valence-corrected chi connectivity index (χ4v) is 8.86. The van der Waals surface area contributed by atoms with Crippen molar-refractivity contribution in [1.82, 2.24) is 19.5 Å². The number of furan rings is 1. The molecule has 0 aliphatic carbocycles. The van der Waals surface area contributed by atoms with Crippen LogP contribution in [0.15, 0.2) is 162 Å². The quantitative estimate of drug-likeness (QED) is 0.187. The Bertz CT molecular complexity index is 3100. The molecule has 11 rings (SSSR count). The molecule has 51 heavy (non-hydrogen) atoms. The summed E-state index contributed by atoms with van der Waals surface area (Å²) in [5.41, 5.74) is 8.09. The number of fused-ring (bicyclic) bond motifs is 9. The summed E-state index contributed by atoms with van der Waals surface area (Å²) in [6, 6.07) is 54.9. The lowest BCUT2D eigenvalue weighted by molar-refractivity contribution is 0.669. The molecule has 6 heteroatoms. The molecule has 0 unspecified atom stereocenters. The van der Waals surface area contributed by atoms with Gasteiger partial charge in [-0.3, -0.25) is 0 Å². The Morgan fingerprint density at radius 2 is 1.00 bits per heavy atom. The third-order valence-electron chi connectivity index (χ3n) is 9.87. The number of hydrogen-bond acceptors (Lipinski definition) is 5. The predicted molar refractivity (Wildman–Crippen MR) is 211 cm³/mol. The molecule has 4 aromatic heterocycles. The van der Waals surface area contributed by atoms with Gasteiger partial charge in [-0.1, -0.05) is 109 Å². The van der Waals surface area contributed by atoms with Crippen molar-refractivity contribution in [2.75, 3.05) is 0 Å². The van der Waals surface area contributed by atoms with Gasteiger partial charge >= 0.3 is 0 Å². The van der Waals surface area contributed by atoms with E-state index in [-0.39, 0.29) is 0 Å². The minimum absolute atomic E-state index is 0.620. The first-order valence-corrected chi connectivity index (χ1v) is 17.8. The maximum absolute atomic E-state index is 6.14. The van der Waals surface area contributed by atoms with E-state index in [1.807, 2.05) is 60.7 Å². The first-order valence-electron chi connectivity index (χ1n) is 16.9. The van der Waals surface area contributed by atoms with Crippen molar-refractivity contribution in [2.45, 2.75) is 0 Å². The minimum atomic E-state index is 0.620.